The highest BCUT2D eigenvalue weighted by molar-refractivity contribution is 5.70. The van der Waals surface area contributed by atoms with Gasteiger partial charge in [-0.15, -0.1) is 0 Å². The van der Waals surface area contributed by atoms with E-state index in [1.807, 2.05) is 6.92 Å². The molecular formula is C11H20O3. The van der Waals surface area contributed by atoms with E-state index in [4.69, 9.17) is 9.84 Å². The molecule has 3 nitrogen and oxygen atoms in total. The Morgan fingerprint density at radius 3 is 2.57 bits per heavy atom. The van der Waals surface area contributed by atoms with Crippen molar-refractivity contribution in [1.82, 2.24) is 0 Å². The molecule has 1 rings (SSSR count). The summed E-state index contributed by atoms with van der Waals surface area (Å²) in [7, 11) is 0. The van der Waals surface area contributed by atoms with Gasteiger partial charge in [0.05, 0.1) is 12.5 Å². The highest BCUT2D eigenvalue weighted by atomic mass is 16.5. The van der Waals surface area contributed by atoms with Crippen molar-refractivity contribution in [3.8, 4) is 0 Å². The Morgan fingerprint density at radius 2 is 2.07 bits per heavy atom. The zero-order chi connectivity index (χ0) is 10.4. The molecule has 0 aromatic carbocycles. The molecule has 0 radical (unpaired) electrons. The van der Waals surface area contributed by atoms with E-state index in [0.29, 0.717) is 19.1 Å². The summed E-state index contributed by atoms with van der Waals surface area (Å²) in [6, 6.07) is 0. The van der Waals surface area contributed by atoms with Crippen LogP contribution in [0.4, 0.5) is 0 Å². The van der Waals surface area contributed by atoms with E-state index in [1.165, 1.54) is 19.3 Å². The van der Waals surface area contributed by atoms with Gasteiger partial charge in [-0.05, 0) is 25.7 Å². The third-order valence-corrected chi connectivity index (χ3v) is 3.04. The molecule has 1 N–H and O–H groups in total. The average Bonchev–Trinajstić information content (AvgIpc) is 2.19. The summed E-state index contributed by atoms with van der Waals surface area (Å²) in [4.78, 5) is 11.0. The van der Waals surface area contributed by atoms with Gasteiger partial charge in [0.25, 0.3) is 0 Å². The zero-order valence-electron chi connectivity index (χ0n) is 8.87. The normalized spacial score (nSPS) is 20.6. The molecule has 1 aliphatic rings. The molecule has 0 spiro atoms. The summed E-state index contributed by atoms with van der Waals surface area (Å²) in [5.41, 5.74) is 0. The van der Waals surface area contributed by atoms with Gasteiger partial charge in [-0.3, -0.25) is 4.79 Å². The number of aliphatic carboxylic acids is 1. The minimum absolute atomic E-state index is 0.282. The second-order valence-corrected chi connectivity index (χ2v) is 4.00. The van der Waals surface area contributed by atoms with Gasteiger partial charge in [0.1, 0.15) is 0 Å². The first-order valence-electron chi connectivity index (χ1n) is 5.56. The first kappa shape index (κ1) is 11.5. The van der Waals surface area contributed by atoms with Gasteiger partial charge in [-0.1, -0.05) is 19.3 Å². The number of carbonyl (C=O) groups is 1. The third kappa shape index (κ3) is 3.29. The van der Waals surface area contributed by atoms with Crippen LogP contribution < -0.4 is 0 Å². The summed E-state index contributed by atoms with van der Waals surface area (Å²) >= 11 is 0. The number of hydrogen-bond donors (Lipinski definition) is 1. The lowest BCUT2D eigenvalue weighted by atomic mass is 9.80. The fourth-order valence-corrected chi connectivity index (χ4v) is 2.19. The minimum atomic E-state index is -0.689. The van der Waals surface area contributed by atoms with Crippen LogP contribution in [-0.4, -0.2) is 24.3 Å². The highest BCUT2D eigenvalue weighted by Gasteiger charge is 2.29. The lowest BCUT2D eigenvalue weighted by Gasteiger charge is -2.27. The van der Waals surface area contributed by atoms with Gasteiger partial charge < -0.3 is 9.84 Å². The van der Waals surface area contributed by atoms with Gasteiger partial charge >= 0.3 is 5.97 Å². The standard InChI is InChI=1S/C11H20O3/c1-2-14-8-10(11(12)13)9-6-4-3-5-7-9/h9-10H,2-8H2,1H3,(H,12,13)/t10-/m0/s1. The van der Waals surface area contributed by atoms with Crippen LogP contribution in [0, 0.1) is 11.8 Å². The molecular weight excluding hydrogens is 180 g/mol. The Labute approximate surface area is 85.5 Å². The Morgan fingerprint density at radius 1 is 1.43 bits per heavy atom. The molecule has 0 aromatic rings. The number of carboxylic acid groups (broad SMARTS) is 1. The predicted molar refractivity (Wildman–Crippen MR) is 54.2 cm³/mol. The lowest BCUT2D eigenvalue weighted by molar-refractivity contribution is -0.146. The van der Waals surface area contributed by atoms with Crippen LogP contribution in [0.2, 0.25) is 0 Å². The van der Waals surface area contributed by atoms with Crippen molar-refractivity contribution in [3.05, 3.63) is 0 Å². The second-order valence-electron chi connectivity index (χ2n) is 4.00. The first-order chi connectivity index (χ1) is 6.75. The quantitative estimate of drug-likeness (QED) is 0.740. The monoisotopic (exact) mass is 200 g/mol. The average molecular weight is 200 g/mol. The summed E-state index contributed by atoms with van der Waals surface area (Å²) in [6.07, 6.45) is 5.74. The van der Waals surface area contributed by atoms with E-state index in [2.05, 4.69) is 0 Å². The summed E-state index contributed by atoms with van der Waals surface area (Å²) in [6.45, 7) is 2.90. The molecule has 0 bridgehead atoms. The largest absolute Gasteiger partial charge is 0.481 e. The molecule has 1 atom stereocenters. The van der Waals surface area contributed by atoms with Crippen LogP contribution in [0.15, 0.2) is 0 Å². The van der Waals surface area contributed by atoms with Crippen molar-refractivity contribution in [2.75, 3.05) is 13.2 Å². The van der Waals surface area contributed by atoms with Gasteiger partial charge in [-0.25, -0.2) is 0 Å². The van der Waals surface area contributed by atoms with Crippen LogP contribution in [-0.2, 0) is 9.53 Å². The van der Waals surface area contributed by atoms with Gasteiger partial charge in [0.15, 0.2) is 0 Å². The molecule has 0 aromatic heterocycles. The van der Waals surface area contributed by atoms with E-state index in [9.17, 15) is 4.79 Å². The van der Waals surface area contributed by atoms with Crippen LogP contribution in [0.3, 0.4) is 0 Å². The Kier molecular flexibility index (Phi) is 4.94. The molecule has 1 aliphatic carbocycles. The van der Waals surface area contributed by atoms with E-state index in [-0.39, 0.29) is 5.92 Å². The number of rotatable bonds is 5. The third-order valence-electron chi connectivity index (χ3n) is 3.04. The van der Waals surface area contributed by atoms with Crippen LogP contribution in [0.5, 0.6) is 0 Å². The van der Waals surface area contributed by atoms with E-state index in [0.717, 1.165) is 12.8 Å². The smallest absolute Gasteiger partial charge is 0.309 e. The van der Waals surface area contributed by atoms with Crippen molar-refractivity contribution in [1.29, 1.82) is 0 Å². The van der Waals surface area contributed by atoms with Crippen LogP contribution in [0.25, 0.3) is 0 Å². The van der Waals surface area contributed by atoms with E-state index < -0.39 is 5.97 Å². The zero-order valence-corrected chi connectivity index (χ0v) is 8.87. The predicted octanol–water partition coefficient (Wildman–Crippen LogP) is 2.30. The van der Waals surface area contributed by atoms with Gasteiger partial charge in [0.2, 0.25) is 0 Å². The molecule has 0 heterocycles. The van der Waals surface area contributed by atoms with Crippen LogP contribution >= 0.6 is 0 Å². The van der Waals surface area contributed by atoms with E-state index in [1.54, 1.807) is 0 Å². The van der Waals surface area contributed by atoms with Crippen molar-refractivity contribution in [2.24, 2.45) is 11.8 Å². The molecule has 0 saturated heterocycles. The Balaban J connectivity index is 2.43. The molecule has 0 aliphatic heterocycles. The van der Waals surface area contributed by atoms with Crippen molar-refractivity contribution in [2.45, 2.75) is 39.0 Å². The number of ether oxygens (including phenoxy) is 1. The molecule has 1 saturated carbocycles. The maximum absolute atomic E-state index is 11.0. The topological polar surface area (TPSA) is 46.5 Å². The number of hydrogen-bond acceptors (Lipinski definition) is 2. The molecule has 0 amide bonds. The molecule has 14 heavy (non-hydrogen) atoms. The van der Waals surface area contributed by atoms with Gasteiger partial charge in [0, 0.05) is 6.61 Å². The summed E-state index contributed by atoms with van der Waals surface area (Å²) < 4.78 is 5.23. The van der Waals surface area contributed by atoms with E-state index >= 15 is 0 Å². The van der Waals surface area contributed by atoms with Crippen LogP contribution in [0.1, 0.15) is 39.0 Å². The minimum Gasteiger partial charge on any atom is -0.481 e. The fraction of sp³-hybridized carbons (Fsp3) is 0.909. The molecule has 0 unspecified atom stereocenters. The number of carboxylic acids is 1. The van der Waals surface area contributed by atoms with Crippen molar-refractivity contribution in [3.63, 3.8) is 0 Å². The maximum atomic E-state index is 11.0. The molecule has 1 fully saturated rings. The Hall–Kier alpha value is -0.570. The van der Waals surface area contributed by atoms with Crippen molar-refractivity contribution >= 4 is 5.97 Å². The first-order valence-corrected chi connectivity index (χ1v) is 5.56. The molecule has 82 valence electrons. The summed E-state index contributed by atoms with van der Waals surface area (Å²) in [5, 5.41) is 9.07. The second kappa shape index (κ2) is 6.02. The SMILES string of the molecule is CCOC[C@H](C(=O)O)C1CCCCC1. The fourth-order valence-electron chi connectivity index (χ4n) is 2.19. The molecule has 3 heteroatoms. The summed E-state index contributed by atoms with van der Waals surface area (Å²) in [5.74, 6) is -0.631. The highest BCUT2D eigenvalue weighted by Crippen LogP contribution is 2.30. The van der Waals surface area contributed by atoms with Crippen molar-refractivity contribution < 1.29 is 14.6 Å². The van der Waals surface area contributed by atoms with Gasteiger partial charge in [-0.2, -0.15) is 0 Å². The Bertz CT molecular complexity index is 173. The maximum Gasteiger partial charge on any atom is 0.309 e. The lowest BCUT2D eigenvalue weighted by Crippen LogP contribution is -2.29.